The molecule has 2 atom stereocenters. The van der Waals surface area contributed by atoms with E-state index in [4.69, 9.17) is 0 Å². The zero-order valence-electron chi connectivity index (χ0n) is 15.0. The summed E-state index contributed by atoms with van der Waals surface area (Å²) in [6, 6.07) is 4.50. The van der Waals surface area contributed by atoms with E-state index in [9.17, 15) is 4.79 Å². The third-order valence-electron chi connectivity index (χ3n) is 5.36. The van der Waals surface area contributed by atoms with Crippen LogP contribution in [0.2, 0.25) is 0 Å². The zero-order chi connectivity index (χ0) is 16.9. The average molecular weight is 350 g/mol. The van der Waals surface area contributed by atoms with Crippen LogP contribution >= 0.6 is 11.3 Å². The Kier molecular flexibility index (Phi) is 6.17. The highest BCUT2D eigenvalue weighted by Gasteiger charge is 2.26. The first-order valence-corrected chi connectivity index (χ1v) is 10.3. The fourth-order valence-corrected chi connectivity index (χ4v) is 4.89. The van der Waals surface area contributed by atoms with Gasteiger partial charge in [0.25, 0.3) is 0 Å². The molecule has 3 heterocycles. The summed E-state index contributed by atoms with van der Waals surface area (Å²) in [5.41, 5.74) is 0. The van der Waals surface area contributed by atoms with Gasteiger partial charge in [-0.05, 0) is 61.6 Å². The second kappa shape index (κ2) is 8.34. The first-order valence-electron chi connectivity index (χ1n) is 9.37. The number of carbonyl (C=O) groups excluding carboxylic acids is 1. The summed E-state index contributed by atoms with van der Waals surface area (Å²) in [4.78, 5) is 18.4. The Balaban J connectivity index is 1.36. The van der Waals surface area contributed by atoms with E-state index in [0.29, 0.717) is 17.8 Å². The van der Waals surface area contributed by atoms with Crippen LogP contribution in [0.1, 0.15) is 38.0 Å². The van der Waals surface area contributed by atoms with Crippen molar-refractivity contribution in [2.75, 3.05) is 32.7 Å². The lowest BCUT2D eigenvalue weighted by Crippen LogP contribution is -2.49. The Morgan fingerprint density at radius 3 is 2.58 bits per heavy atom. The minimum absolute atomic E-state index is 0.148. The van der Waals surface area contributed by atoms with Crippen molar-refractivity contribution >= 4 is 17.4 Å². The fourth-order valence-electron chi connectivity index (χ4n) is 4.14. The van der Waals surface area contributed by atoms with Crippen LogP contribution in [0.15, 0.2) is 17.5 Å². The minimum atomic E-state index is 0.148. The Labute approximate surface area is 150 Å². The summed E-state index contributed by atoms with van der Waals surface area (Å²) in [7, 11) is 0. The van der Waals surface area contributed by atoms with E-state index < -0.39 is 0 Å². The summed E-state index contributed by atoms with van der Waals surface area (Å²) in [5, 5.41) is 5.35. The fraction of sp³-hybridized carbons (Fsp3) is 0.737. The maximum atomic E-state index is 12.4. The number of amides is 2. The molecule has 5 heteroatoms. The number of rotatable bonds is 4. The molecular weight excluding hydrogens is 318 g/mol. The van der Waals surface area contributed by atoms with Gasteiger partial charge < -0.3 is 10.2 Å². The van der Waals surface area contributed by atoms with E-state index in [1.165, 1.54) is 24.1 Å². The van der Waals surface area contributed by atoms with Crippen molar-refractivity contribution in [1.29, 1.82) is 0 Å². The topological polar surface area (TPSA) is 35.6 Å². The Morgan fingerprint density at radius 1 is 1.25 bits per heavy atom. The van der Waals surface area contributed by atoms with E-state index in [1.807, 2.05) is 16.2 Å². The standard InChI is InChI=1S/C19H31N3OS/c1-15-10-16(2)13-22(12-15)19(23)20-11-17-5-7-21(8-6-17)14-18-4-3-9-24-18/h3-4,9,15-17H,5-8,10-14H2,1-2H3,(H,20,23). The number of urea groups is 1. The predicted molar refractivity (Wildman–Crippen MR) is 100 cm³/mol. The molecule has 1 aromatic heterocycles. The van der Waals surface area contributed by atoms with Crippen molar-refractivity contribution in [1.82, 2.24) is 15.1 Å². The van der Waals surface area contributed by atoms with Gasteiger partial charge in [0.2, 0.25) is 0 Å². The normalized spacial score (nSPS) is 26.5. The van der Waals surface area contributed by atoms with E-state index in [0.717, 1.165) is 39.3 Å². The molecule has 0 radical (unpaired) electrons. The van der Waals surface area contributed by atoms with E-state index in [2.05, 4.69) is 41.6 Å². The lowest BCUT2D eigenvalue weighted by atomic mass is 9.92. The van der Waals surface area contributed by atoms with Gasteiger partial charge in [-0.25, -0.2) is 4.79 Å². The van der Waals surface area contributed by atoms with Crippen LogP contribution in [0.25, 0.3) is 0 Å². The van der Waals surface area contributed by atoms with Crippen LogP contribution in [0, 0.1) is 17.8 Å². The molecule has 2 aliphatic rings. The number of nitrogens with zero attached hydrogens (tertiary/aromatic N) is 2. The molecule has 2 amide bonds. The van der Waals surface area contributed by atoms with Gasteiger partial charge in [0.1, 0.15) is 0 Å². The van der Waals surface area contributed by atoms with Crippen molar-refractivity contribution < 1.29 is 4.79 Å². The number of thiophene rings is 1. The third kappa shape index (κ3) is 4.96. The molecule has 134 valence electrons. The first kappa shape index (κ1) is 17.7. The van der Waals surface area contributed by atoms with Gasteiger partial charge in [0.15, 0.2) is 0 Å². The highest BCUT2D eigenvalue weighted by atomic mass is 32.1. The van der Waals surface area contributed by atoms with Gasteiger partial charge in [-0.3, -0.25) is 4.90 Å². The molecule has 0 spiro atoms. The van der Waals surface area contributed by atoms with Crippen molar-refractivity contribution in [3.05, 3.63) is 22.4 Å². The lowest BCUT2D eigenvalue weighted by Gasteiger charge is -2.36. The molecule has 2 aliphatic heterocycles. The molecule has 24 heavy (non-hydrogen) atoms. The van der Waals surface area contributed by atoms with Gasteiger partial charge in [0, 0.05) is 31.1 Å². The molecule has 1 N–H and O–H groups in total. The highest BCUT2D eigenvalue weighted by molar-refractivity contribution is 7.09. The highest BCUT2D eigenvalue weighted by Crippen LogP contribution is 2.22. The lowest BCUT2D eigenvalue weighted by molar-refractivity contribution is 0.140. The molecule has 0 aliphatic carbocycles. The van der Waals surface area contributed by atoms with E-state index in [1.54, 1.807) is 0 Å². The number of likely N-dealkylation sites (tertiary alicyclic amines) is 2. The maximum absolute atomic E-state index is 12.4. The first-order chi connectivity index (χ1) is 11.6. The third-order valence-corrected chi connectivity index (χ3v) is 6.23. The number of carbonyl (C=O) groups is 1. The second-order valence-electron chi connectivity index (χ2n) is 7.84. The van der Waals surface area contributed by atoms with Gasteiger partial charge in [-0.15, -0.1) is 11.3 Å². The largest absolute Gasteiger partial charge is 0.338 e. The number of hydrogen-bond donors (Lipinski definition) is 1. The Morgan fingerprint density at radius 2 is 1.96 bits per heavy atom. The van der Waals surface area contributed by atoms with Crippen LogP contribution < -0.4 is 5.32 Å². The number of hydrogen-bond acceptors (Lipinski definition) is 3. The molecule has 1 aromatic rings. The molecule has 4 nitrogen and oxygen atoms in total. The molecule has 0 bridgehead atoms. The van der Waals surface area contributed by atoms with Crippen LogP contribution in [0.3, 0.4) is 0 Å². The van der Waals surface area contributed by atoms with Gasteiger partial charge in [0.05, 0.1) is 0 Å². The SMILES string of the molecule is CC1CC(C)CN(C(=O)NCC2CCN(Cc3cccs3)CC2)C1. The predicted octanol–water partition coefficient (Wildman–Crippen LogP) is 3.65. The van der Waals surface area contributed by atoms with Gasteiger partial charge >= 0.3 is 6.03 Å². The van der Waals surface area contributed by atoms with Crippen molar-refractivity contribution in [3.8, 4) is 0 Å². The molecular formula is C19H31N3OS. The minimum Gasteiger partial charge on any atom is -0.338 e. The van der Waals surface area contributed by atoms with Crippen molar-refractivity contribution in [2.24, 2.45) is 17.8 Å². The summed E-state index contributed by atoms with van der Waals surface area (Å²) >= 11 is 1.84. The van der Waals surface area contributed by atoms with Crippen LogP contribution in [0.5, 0.6) is 0 Å². The summed E-state index contributed by atoms with van der Waals surface area (Å²) < 4.78 is 0. The molecule has 2 saturated heterocycles. The summed E-state index contributed by atoms with van der Waals surface area (Å²) in [6.45, 7) is 10.5. The molecule has 3 rings (SSSR count). The molecule has 0 aromatic carbocycles. The number of nitrogens with one attached hydrogen (secondary N) is 1. The van der Waals surface area contributed by atoms with Crippen LogP contribution in [0.4, 0.5) is 4.79 Å². The Bertz CT molecular complexity index is 501. The van der Waals surface area contributed by atoms with E-state index in [-0.39, 0.29) is 6.03 Å². The van der Waals surface area contributed by atoms with Crippen LogP contribution in [-0.2, 0) is 6.54 Å². The van der Waals surface area contributed by atoms with Crippen molar-refractivity contribution in [3.63, 3.8) is 0 Å². The summed E-state index contributed by atoms with van der Waals surface area (Å²) in [6.07, 6.45) is 3.63. The van der Waals surface area contributed by atoms with Gasteiger partial charge in [-0.2, -0.15) is 0 Å². The van der Waals surface area contributed by atoms with E-state index >= 15 is 0 Å². The van der Waals surface area contributed by atoms with Crippen LogP contribution in [-0.4, -0.2) is 48.6 Å². The van der Waals surface area contributed by atoms with Gasteiger partial charge in [-0.1, -0.05) is 19.9 Å². The maximum Gasteiger partial charge on any atom is 0.317 e. The van der Waals surface area contributed by atoms with Crippen molar-refractivity contribution in [2.45, 2.75) is 39.7 Å². The molecule has 2 fully saturated rings. The quantitative estimate of drug-likeness (QED) is 0.901. The molecule has 0 saturated carbocycles. The smallest absolute Gasteiger partial charge is 0.317 e. The average Bonchev–Trinajstić information content (AvgIpc) is 3.06. The Hall–Kier alpha value is -1.07. The number of piperidine rings is 2. The summed E-state index contributed by atoms with van der Waals surface area (Å²) in [5.74, 6) is 1.88. The molecule has 2 unspecified atom stereocenters. The monoisotopic (exact) mass is 349 g/mol. The second-order valence-corrected chi connectivity index (χ2v) is 8.87. The zero-order valence-corrected chi connectivity index (χ0v) is 15.9.